The largest absolute Gasteiger partial charge is 0.486 e. The van der Waals surface area contributed by atoms with Gasteiger partial charge in [-0.25, -0.2) is 0 Å². The molecule has 2 aliphatic rings. The zero-order valence-corrected chi connectivity index (χ0v) is 10.8. The van der Waals surface area contributed by atoms with Crippen molar-refractivity contribution in [2.75, 3.05) is 33.4 Å². The minimum absolute atomic E-state index is 0.453. The van der Waals surface area contributed by atoms with E-state index >= 15 is 0 Å². The van der Waals surface area contributed by atoms with Crippen molar-refractivity contribution in [1.82, 2.24) is 4.90 Å². The van der Waals surface area contributed by atoms with E-state index in [9.17, 15) is 0 Å². The number of fused-ring (bicyclic) bond motifs is 1. The van der Waals surface area contributed by atoms with E-state index in [0.717, 1.165) is 31.0 Å². The van der Waals surface area contributed by atoms with Crippen molar-refractivity contribution in [3.63, 3.8) is 0 Å². The Labute approximate surface area is 108 Å². The van der Waals surface area contributed by atoms with E-state index < -0.39 is 0 Å². The topological polar surface area (TPSA) is 47.7 Å². The molecular formula is C14H20N2O2. The highest BCUT2D eigenvalue weighted by Crippen LogP contribution is 2.38. The van der Waals surface area contributed by atoms with Gasteiger partial charge in [0.25, 0.3) is 0 Å². The second kappa shape index (κ2) is 4.78. The molecule has 0 aliphatic carbocycles. The zero-order valence-electron chi connectivity index (χ0n) is 10.8. The van der Waals surface area contributed by atoms with Crippen LogP contribution in [0.25, 0.3) is 0 Å². The predicted octanol–water partition coefficient (Wildman–Crippen LogP) is 1.41. The number of nitrogens with two attached hydrogens (primary N) is 1. The number of hydrogen-bond acceptors (Lipinski definition) is 4. The monoisotopic (exact) mass is 248 g/mol. The summed E-state index contributed by atoms with van der Waals surface area (Å²) < 4.78 is 11.2. The van der Waals surface area contributed by atoms with Crippen LogP contribution in [0, 0.1) is 5.92 Å². The number of hydrogen-bond donors (Lipinski definition) is 1. The van der Waals surface area contributed by atoms with Crippen LogP contribution in [-0.4, -0.2) is 38.3 Å². The highest BCUT2D eigenvalue weighted by Gasteiger charge is 2.30. The van der Waals surface area contributed by atoms with Gasteiger partial charge in [0.2, 0.25) is 0 Å². The molecular weight excluding hydrogens is 228 g/mol. The van der Waals surface area contributed by atoms with Crippen LogP contribution in [0.2, 0.25) is 0 Å². The van der Waals surface area contributed by atoms with Crippen molar-refractivity contribution in [3.05, 3.63) is 23.8 Å². The molecule has 1 aromatic rings. The number of likely N-dealkylation sites (tertiary alicyclic amines) is 1. The van der Waals surface area contributed by atoms with Crippen molar-refractivity contribution < 1.29 is 9.47 Å². The second-order valence-corrected chi connectivity index (χ2v) is 5.20. The van der Waals surface area contributed by atoms with Gasteiger partial charge in [0, 0.05) is 12.6 Å². The van der Waals surface area contributed by atoms with E-state index in [1.807, 2.05) is 6.07 Å². The summed E-state index contributed by atoms with van der Waals surface area (Å²) in [5.41, 5.74) is 7.08. The summed E-state index contributed by atoms with van der Waals surface area (Å²) in [6.07, 6.45) is 1.13. The highest BCUT2D eigenvalue weighted by molar-refractivity contribution is 5.44. The van der Waals surface area contributed by atoms with Crippen LogP contribution in [0.3, 0.4) is 0 Å². The Hall–Kier alpha value is -1.26. The van der Waals surface area contributed by atoms with E-state index in [2.05, 4.69) is 24.1 Å². The molecule has 0 saturated carbocycles. The molecule has 4 nitrogen and oxygen atoms in total. The summed E-state index contributed by atoms with van der Waals surface area (Å²) in [5, 5.41) is 0. The van der Waals surface area contributed by atoms with E-state index in [1.54, 1.807) is 0 Å². The van der Waals surface area contributed by atoms with Crippen LogP contribution in [-0.2, 0) is 0 Å². The van der Waals surface area contributed by atoms with Crippen LogP contribution in [0.1, 0.15) is 18.0 Å². The Morgan fingerprint density at radius 2 is 2.06 bits per heavy atom. The number of benzene rings is 1. The first-order valence-corrected chi connectivity index (χ1v) is 6.58. The number of rotatable bonds is 2. The number of ether oxygens (including phenoxy) is 2. The molecule has 3 rings (SSSR count). The van der Waals surface area contributed by atoms with Gasteiger partial charge in [-0.05, 0) is 43.6 Å². The smallest absolute Gasteiger partial charge is 0.161 e. The Balaban J connectivity index is 1.84. The lowest BCUT2D eigenvalue weighted by atomic mass is 9.99. The summed E-state index contributed by atoms with van der Waals surface area (Å²) >= 11 is 0. The molecule has 1 saturated heterocycles. The van der Waals surface area contributed by atoms with Gasteiger partial charge in [-0.15, -0.1) is 0 Å². The van der Waals surface area contributed by atoms with Gasteiger partial charge in [0.15, 0.2) is 11.5 Å². The first-order valence-electron chi connectivity index (χ1n) is 6.58. The molecule has 0 amide bonds. The lowest BCUT2D eigenvalue weighted by Gasteiger charge is -2.23. The SMILES string of the molecule is CN1CC(CN)CC1c1ccc2c(c1)OCCO2. The molecule has 98 valence electrons. The minimum atomic E-state index is 0.453. The van der Waals surface area contributed by atoms with Crippen LogP contribution < -0.4 is 15.2 Å². The summed E-state index contributed by atoms with van der Waals surface area (Å²) in [5.74, 6) is 2.34. The van der Waals surface area contributed by atoms with Gasteiger partial charge in [0.05, 0.1) is 0 Å². The zero-order chi connectivity index (χ0) is 12.5. The first kappa shape index (κ1) is 11.8. The highest BCUT2D eigenvalue weighted by atomic mass is 16.6. The van der Waals surface area contributed by atoms with Crippen LogP contribution >= 0.6 is 0 Å². The molecule has 2 atom stereocenters. The summed E-state index contributed by atoms with van der Waals surface area (Å²) in [7, 11) is 2.16. The Kier molecular flexibility index (Phi) is 3.14. The fraction of sp³-hybridized carbons (Fsp3) is 0.571. The lowest BCUT2D eigenvalue weighted by molar-refractivity contribution is 0.171. The Morgan fingerprint density at radius 1 is 1.28 bits per heavy atom. The fourth-order valence-corrected chi connectivity index (χ4v) is 2.93. The van der Waals surface area contributed by atoms with E-state index in [-0.39, 0.29) is 0 Å². The molecule has 0 spiro atoms. The van der Waals surface area contributed by atoms with E-state index in [4.69, 9.17) is 15.2 Å². The maximum Gasteiger partial charge on any atom is 0.161 e. The van der Waals surface area contributed by atoms with Crippen molar-refractivity contribution in [3.8, 4) is 11.5 Å². The third-order valence-corrected chi connectivity index (χ3v) is 3.92. The van der Waals surface area contributed by atoms with Crippen molar-refractivity contribution in [2.24, 2.45) is 11.7 Å². The molecule has 1 fully saturated rings. The third-order valence-electron chi connectivity index (χ3n) is 3.92. The maximum absolute atomic E-state index is 5.78. The van der Waals surface area contributed by atoms with Gasteiger partial charge >= 0.3 is 0 Å². The quantitative estimate of drug-likeness (QED) is 0.859. The number of nitrogens with zero attached hydrogens (tertiary/aromatic N) is 1. The predicted molar refractivity (Wildman–Crippen MR) is 70.0 cm³/mol. The molecule has 1 aromatic carbocycles. The molecule has 18 heavy (non-hydrogen) atoms. The van der Waals surface area contributed by atoms with Crippen molar-refractivity contribution in [1.29, 1.82) is 0 Å². The van der Waals surface area contributed by atoms with Gasteiger partial charge in [-0.2, -0.15) is 0 Å². The van der Waals surface area contributed by atoms with Crippen LogP contribution in [0.15, 0.2) is 18.2 Å². The molecule has 2 N–H and O–H groups in total. The van der Waals surface area contributed by atoms with E-state index in [1.165, 1.54) is 5.56 Å². The van der Waals surface area contributed by atoms with Gasteiger partial charge in [0.1, 0.15) is 13.2 Å². The third kappa shape index (κ3) is 2.06. The second-order valence-electron chi connectivity index (χ2n) is 5.20. The Bertz CT molecular complexity index is 436. The van der Waals surface area contributed by atoms with Crippen LogP contribution in [0.4, 0.5) is 0 Å². The Morgan fingerprint density at radius 3 is 2.78 bits per heavy atom. The molecule has 4 heteroatoms. The van der Waals surface area contributed by atoms with E-state index in [0.29, 0.717) is 25.2 Å². The van der Waals surface area contributed by atoms with Gasteiger partial charge in [-0.3, -0.25) is 4.90 Å². The van der Waals surface area contributed by atoms with Gasteiger partial charge < -0.3 is 15.2 Å². The fourth-order valence-electron chi connectivity index (χ4n) is 2.93. The molecule has 0 radical (unpaired) electrons. The normalized spacial score (nSPS) is 27.4. The minimum Gasteiger partial charge on any atom is -0.486 e. The molecule has 2 unspecified atom stereocenters. The molecule has 0 bridgehead atoms. The van der Waals surface area contributed by atoms with Crippen molar-refractivity contribution in [2.45, 2.75) is 12.5 Å². The summed E-state index contributed by atoms with van der Waals surface area (Å²) in [6.45, 7) is 3.13. The molecule has 2 aliphatic heterocycles. The average molecular weight is 248 g/mol. The lowest BCUT2D eigenvalue weighted by Crippen LogP contribution is -2.21. The molecule has 0 aromatic heterocycles. The standard InChI is InChI=1S/C14H20N2O2/c1-16-9-10(8-15)6-12(16)11-2-3-13-14(7-11)18-5-4-17-13/h2-3,7,10,12H,4-6,8-9,15H2,1H3. The summed E-state index contributed by atoms with van der Waals surface area (Å²) in [6, 6.07) is 6.74. The average Bonchev–Trinajstić information content (AvgIpc) is 2.79. The first-order chi connectivity index (χ1) is 8.78. The van der Waals surface area contributed by atoms with Gasteiger partial charge in [-0.1, -0.05) is 6.07 Å². The molecule has 2 heterocycles. The maximum atomic E-state index is 5.78. The van der Waals surface area contributed by atoms with Crippen molar-refractivity contribution >= 4 is 0 Å². The van der Waals surface area contributed by atoms with Crippen LogP contribution in [0.5, 0.6) is 11.5 Å². The summed E-state index contributed by atoms with van der Waals surface area (Å²) in [4.78, 5) is 2.38.